The molecule has 0 aliphatic carbocycles. The highest BCUT2D eigenvalue weighted by Crippen LogP contribution is 2.42. The molecule has 1 saturated heterocycles. The van der Waals surface area contributed by atoms with Gasteiger partial charge in [-0.05, 0) is 60.5 Å². The van der Waals surface area contributed by atoms with E-state index in [2.05, 4.69) is 17.0 Å². The van der Waals surface area contributed by atoms with Crippen molar-refractivity contribution in [3.63, 3.8) is 0 Å². The lowest BCUT2D eigenvalue weighted by atomic mass is 9.87. The van der Waals surface area contributed by atoms with Gasteiger partial charge in [0, 0.05) is 11.2 Å². The van der Waals surface area contributed by atoms with E-state index in [4.69, 9.17) is 0 Å². The minimum atomic E-state index is -4.44. The van der Waals surface area contributed by atoms with Crippen LogP contribution in [0.25, 0.3) is 10.1 Å². The van der Waals surface area contributed by atoms with Crippen LogP contribution >= 0.6 is 11.3 Å². The van der Waals surface area contributed by atoms with E-state index in [0.29, 0.717) is 15.6 Å². The third-order valence-corrected chi connectivity index (χ3v) is 6.65. The number of benzene rings is 2. The number of carboxylic acid groups (broad SMARTS) is 1. The molecule has 0 amide bonds. The molecule has 0 radical (unpaired) electrons. The molecule has 1 fully saturated rings. The second-order valence-corrected chi connectivity index (χ2v) is 8.45. The van der Waals surface area contributed by atoms with Crippen molar-refractivity contribution in [2.45, 2.75) is 31.5 Å². The quantitative estimate of drug-likeness (QED) is 0.564. The van der Waals surface area contributed by atoms with Gasteiger partial charge in [-0.1, -0.05) is 36.4 Å². The van der Waals surface area contributed by atoms with Gasteiger partial charge in [-0.25, -0.2) is 4.79 Å². The van der Waals surface area contributed by atoms with E-state index in [9.17, 15) is 23.1 Å². The van der Waals surface area contributed by atoms with Crippen molar-refractivity contribution in [2.24, 2.45) is 0 Å². The molecule has 3 aromatic rings. The summed E-state index contributed by atoms with van der Waals surface area (Å²) in [5.41, 5.74) is 1.19. The van der Waals surface area contributed by atoms with Crippen molar-refractivity contribution in [3.8, 4) is 0 Å². The van der Waals surface area contributed by atoms with Crippen molar-refractivity contribution < 1.29 is 23.1 Å². The summed E-state index contributed by atoms with van der Waals surface area (Å²) < 4.78 is 39.5. The van der Waals surface area contributed by atoms with Gasteiger partial charge >= 0.3 is 12.1 Å². The fourth-order valence-corrected chi connectivity index (χ4v) is 5.25. The first-order valence-electron chi connectivity index (χ1n) is 9.46. The summed E-state index contributed by atoms with van der Waals surface area (Å²) in [6, 6.07) is 13.7. The van der Waals surface area contributed by atoms with E-state index in [1.54, 1.807) is 0 Å². The fourth-order valence-electron chi connectivity index (χ4n) is 4.08. The second-order valence-electron chi connectivity index (χ2n) is 7.39. The van der Waals surface area contributed by atoms with E-state index in [0.717, 1.165) is 55.9 Å². The first-order chi connectivity index (χ1) is 13.8. The van der Waals surface area contributed by atoms with Crippen molar-refractivity contribution in [2.75, 3.05) is 13.1 Å². The Balaban J connectivity index is 1.58. The maximum Gasteiger partial charge on any atom is 0.416 e. The minimum Gasteiger partial charge on any atom is -0.477 e. The molecule has 152 valence electrons. The van der Waals surface area contributed by atoms with Crippen LogP contribution in [-0.2, 0) is 12.7 Å². The maximum absolute atomic E-state index is 13.0. The third kappa shape index (κ3) is 4.16. The summed E-state index contributed by atoms with van der Waals surface area (Å²) in [6.07, 6.45) is -2.86. The molecule has 1 aromatic heterocycles. The lowest BCUT2D eigenvalue weighted by Crippen LogP contribution is -2.32. The molecule has 3 nitrogen and oxygen atoms in total. The van der Waals surface area contributed by atoms with Crippen LogP contribution in [0.3, 0.4) is 0 Å². The second kappa shape index (κ2) is 7.80. The molecule has 0 bridgehead atoms. The Morgan fingerprint density at radius 2 is 1.79 bits per heavy atom. The highest BCUT2D eigenvalue weighted by Gasteiger charge is 2.33. The van der Waals surface area contributed by atoms with E-state index >= 15 is 0 Å². The molecule has 1 aliphatic rings. The summed E-state index contributed by atoms with van der Waals surface area (Å²) >= 11 is 0.946. The van der Waals surface area contributed by atoms with E-state index in [1.807, 2.05) is 18.2 Å². The fraction of sp³-hybridized carbons (Fsp3) is 0.318. The van der Waals surface area contributed by atoms with Crippen LogP contribution in [0.4, 0.5) is 13.2 Å². The molecule has 7 heteroatoms. The van der Waals surface area contributed by atoms with E-state index in [1.165, 1.54) is 11.6 Å². The van der Waals surface area contributed by atoms with Crippen LogP contribution in [-0.4, -0.2) is 29.1 Å². The molecule has 4 rings (SSSR count). The number of piperidine rings is 1. The van der Waals surface area contributed by atoms with Gasteiger partial charge in [0.15, 0.2) is 0 Å². The number of thiophene rings is 1. The number of aromatic carboxylic acids is 1. The van der Waals surface area contributed by atoms with Crippen molar-refractivity contribution in [1.29, 1.82) is 0 Å². The number of carboxylic acids is 1. The number of fused-ring (bicyclic) bond motifs is 1. The van der Waals surface area contributed by atoms with E-state index in [-0.39, 0.29) is 10.8 Å². The van der Waals surface area contributed by atoms with E-state index < -0.39 is 17.7 Å². The van der Waals surface area contributed by atoms with Crippen LogP contribution in [0.15, 0.2) is 48.5 Å². The topological polar surface area (TPSA) is 40.5 Å². The highest BCUT2D eigenvalue weighted by atomic mass is 32.1. The molecule has 2 heterocycles. The Bertz CT molecular complexity index is 1020. The molecular weight excluding hydrogens is 399 g/mol. The van der Waals surface area contributed by atoms with Crippen LogP contribution < -0.4 is 0 Å². The Hall–Kier alpha value is -2.38. The number of carbonyl (C=O) groups is 1. The van der Waals surface area contributed by atoms with Crippen LogP contribution in [0.2, 0.25) is 0 Å². The van der Waals surface area contributed by atoms with Gasteiger partial charge in [0.05, 0.1) is 5.56 Å². The highest BCUT2D eigenvalue weighted by molar-refractivity contribution is 7.21. The largest absolute Gasteiger partial charge is 0.477 e. The van der Waals surface area contributed by atoms with Crippen molar-refractivity contribution in [3.05, 3.63) is 70.1 Å². The van der Waals surface area contributed by atoms with Gasteiger partial charge in [-0.15, -0.1) is 11.3 Å². The van der Waals surface area contributed by atoms with Gasteiger partial charge in [0.1, 0.15) is 4.88 Å². The number of nitrogens with zero attached hydrogens (tertiary/aromatic N) is 1. The first kappa shape index (κ1) is 19.9. The maximum atomic E-state index is 13.0. The molecular formula is C22H20F3NO2S. The SMILES string of the molecule is O=C(O)c1sc2cc(C(F)(F)F)ccc2c1C1CCN(Cc2ccccc2)CC1. The minimum absolute atomic E-state index is 0.0404. The summed E-state index contributed by atoms with van der Waals surface area (Å²) in [5.74, 6) is -1.03. The first-order valence-corrected chi connectivity index (χ1v) is 10.3. The molecule has 0 saturated carbocycles. The van der Waals surface area contributed by atoms with Crippen LogP contribution in [0, 0.1) is 0 Å². The third-order valence-electron chi connectivity index (χ3n) is 5.49. The predicted octanol–water partition coefficient (Wildman–Crippen LogP) is 6.00. The van der Waals surface area contributed by atoms with Gasteiger partial charge < -0.3 is 5.11 Å². The number of hydrogen-bond acceptors (Lipinski definition) is 3. The molecule has 0 unspecified atom stereocenters. The normalized spacial score (nSPS) is 16.4. The lowest BCUT2D eigenvalue weighted by Gasteiger charge is -2.32. The average molecular weight is 419 g/mol. The Morgan fingerprint density at radius 1 is 1.10 bits per heavy atom. The molecule has 29 heavy (non-hydrogen) atoms. The Morgan fingerprint density at radius 3 is 2.41 bits per heavy atom. The van der Waals surface area contributed by atoms with Gasteiger partial charge in [-0.2, -0.15) is 13.2 Å². The van der Waals surface area contributed by atoms with Gasteiger partial charge in [-0.3, -0.25) is 4.90 Å². The zero-order chi connectivity index (χ0) is 20.6. The number of rotatable bonds is 4. The number of halogens is 3. The van der Waals surface area contributed by atoms with Crippen LogP contribution in [0.5, 0.6) is 0 Å². The Kier molecular flexibility index (Phi) is 5.36. The van der Waals surface area contributed by atoms with Crippen molar-refractivity contribution in [1.82, 2.24) is 4.90 Å². The average Bonchev–Trinajstić information content (AvgIpc) is 3.08. The van der Waals surface area contributed by atoms with Crippen LogP contribution in [0.1, 0.15) is 45.1 Å². The number of hydrogen-bond donors (Lipinski definition) is 1. The molecule has 2 aromatic carbocycles. The van der Waals surface area contributed by atoms with Gasteiger partial charge in [0.25, 0.3) is 0 Å². The Labute approximate surface area is 170 Å². The summed E-state index contributed by atoms with van der Waals surface area (Å²) in [5, 5.41) is 10.3. The zero-order valence-electron chi connectivity index (χ0n) is 15.6. The molecule has 0 atom stereocenters. The zero-order valence-corrected chi connectivity index (χ0v) is 16.4. The van der Waals surface area contributed by atoms with Crippen molar-refractivity contribution >= 4 is 27.4 Å². The number of likely N-dealkylation sites (tertiary alicyclic amines) is 1. The van der Waals surface area contributed by atoms with Gasteiger partial charge in [0.2, 0.25) is 0 Å². The summed E-state index contributed by atoms with van der Waals surface area (Å²) in [4.78, 5) is 14.3. The molecule has 0 spiro atoms. The number of alkyl halides is 3. The molecule has 1 N–H and O–H groups in total. The standard InChI is InChI=1S/C22H20F3NO2S/c23-22(24,25)16-6-7-17-18(12-16)29-20(21(27)28)19(17)15-8-10-26(11-9-15)13-14-4-2-1-3-5-14/h1-7,12,15H,8-11,13H2,(H,27,28). The predicted molar refractivity (Wildman–Crippen MR) is 107 cm³/mol. The monoisotopic (exact) mass is 419 g/mol. The lowest BCUT2D eigenvalue weighted by molar-refractivity contribution is -0.137. The smallest absolute Gasteiger partial charge is 0.416 e. The summed E-state index contributed by atoms with van der Waals surface area (Å²) in [7, 11) is 0. The summed E-state index contributed by atoms with van der Waals surface area (Å²) in [6.45, 7) is 2.51. The molecule has 1 aliphatic heterocycles.